The van der Waals surface area contributed by atoms with E-state index in [2.05, 4.69) is 10.4 Å². The maximum Gasteiger partial charge on any atom is 0.303 e. The van der Waals surface area contributed by atoms with E-state index in [4.69, 9.17) is 5.11 Å². The van der Waals surface area contributed by atoms with Gasteiger partial charge in [0.15, 0.2) is 0 Å². The Morgan fingerprint density at radius 2 is 2.10 bits per heavy atom. The topological polar surface area (TPSA) is 84.2 Å². The predicted molar refractivity (Wildman–Crippen MR) is 77.7 cm³/mol. The second kappa shape index (κ2) is 6.74. The third-order valence-electron chi connectivity index (χ3n) is 4.20. The zero-order valence-electron chi connectivity index (χ0n) is 12.5. The van der Waals surface area contributed by atoms with Crippen molar-refractivity contribution in [1.82, 2.24) is 15.1 Å². The molecular formula is C15H23N3O3. The van der Waals surface area contributed by atoms with E-state index in [1.165, 1.54) is 0 Å². The van der Waals surface area contributed by atoms with Crippen LogP contribution in [0, 0.1) is 5.41 Å². The van der Waals surface area contributed by atoms with E-state index in [0.29, 0.717) is 19.4 Å². The molecule has 1 aliphatic carbocycles. The van der Waals surface area contributed by atoms with Gasteiger partial charge in [0.1, 0.15) is 0 Å². The molecule has 1 saturated carbocycles. The molecule has 0 atom stereocenters. The first-order valence-electron chi connectivity index (χ1n) is 7.46. The smallest absolute Gasteiger partial charge is 0.303 e. The second-order valence-corrected chi connectivity index (χ2v) is 6.04. The summed E-state index contributed by atoms with van der Waals surface area (Å²) in [5.41, 5.74) is 0.611. The number of nitrogens with zero attached hydrogens (tertiary/aromatic N) is 2. The minimum atomic E-state index is -0.807. The number of hydrogen-bond donors (Lipinski definition) is 2. The zero-order chi connectivity index (χ0) is 15.3. The van der Waals surface area contributed by atoms with Gasteiger partial charge in [-0.2, -0.15) is 5.10 Å². The number of carboxylic acids is 1. The number of aliphatic carboxylic acids is 1. The van der Waals surface area contributed by atoms with Crippen molar-refractivity contribution in [2.45, 2.75) is 44.9 Å². The van der Waals surface area contributed by atoms with Gasteiger partial charge in [-0.05, 0) is 24.3 Å². The fraction of sp³-hybridized carbons (Fsp3) is 0.667. The lowest BCUT2D eigenvalue weighted by Gasteiger charge is -2.26. The summed E-state index contributed by atoms with van der Waals surface area (Å²) in [6.45, 7) is 0.541. The molecule has 1 fully saturated rings. The summed E-state index contributed by atoms with van der Waals surface area (Å²) >= 11 is 0. The van der Waals surface area contributed by atoms with Crippen molar-refractivity contribution in [2.24, 2.45) is 12.5 Å². The molecule has 0 aromatic carbocycles. The number of aromatic nitrogens is 2. The van der Waals surface area contributed by atoms with Crippen LogP contribution in [0.4, 0.5) is 0 Å². The molecule has 0 spiro atoms. The fourth-order valence-electron chi connectivity index (χ4n) is 3.19. The van der Waals surface area contributed by atoms with E-state index >= 15 is 0 Å². The highest BCUT2D eigenvalue weighted by molar-refractivity contribution is 5.78. The van der Waals surface area contributed by atoms with Crippen LogP contribution in [0.1, 0.15) is 44.2 Å². The van der Waals surface area contributed by atoms with E-state index in [1.54, 1.807) is 4.68 Å². The Kier molecular flexibility index (Phi) is 4.98. The summed E-state index contributed by atoms with van der Waals surface area (Å²) < 4.78 is 1.73. The van der Waals surface area contributed by atoms with Crippen molar-refractivity contribution in [3.05, 3.63) is 18.0 Å². The molecule has 21 heavy (non-hydrogen) atoms. The minimum Gasteiger partial charge on any atom is -0.481 e. The van der Waals surface area contributed by atoms with E-state index in [9.17, 15) is 9.59 Å². The summed E-state index contributed by atoms with van der Waals surface area (Å²) in [5.74, 6) is -0.854. The molecule has 2 N–H and O–H groups in total. The Morgan fingerprint density at radius 3 is 2.67 bits per heavy atom. The summed E-state index contributed by atoms with van der Waals surface area (Å²) in [7, 11) is 1.86. The first kappa shape index (κ1) is 15.5. The Bertz CT molecular complexity index is 504. The molecule has 0 radical (unpaired) electrons. The zero-order valence-corrected chi connectivity index (χ0v) is 12.5. The second-order valence-electron chi connectivity index (χ2n) is 6.04. The Hall–Kier alpha value is -1.85. The van der Waals surface area contributed by atoms with Crippen LogP contribution in [-0.4, -0.2) is 33.3 Å². The Labute approximate surface area is 124 Å². The average Bonchev–Trinajstić information content (AvgIpc) is 2.98. The molecule has 6 heteroatoms. The van der Waals surface area contributed by atoms with Crippen LogP contribution in [0.2, 0.25) is 0 Å². The summed E-state index contributed by atoms with van der Waals surface area (Å²) in [6.07, 6.45) is 6.71. The lowest BCUT2D eigenvalue weighted by molar-refractivity contribution is -0.140. The standard InChI is InChI=1S/C15H23N3O3/c1-18-9-5-12(17-18)4-8-16-13(19)10-15(11-14(20)21)6-2-3-7-15/h5,9H,2-4,6-8,10-11H2,1H3,(H,16,19)(H,20,21). The van der Waals surface area contributed by atoms with Crippen molar-refractivity contribution < 1.29 is 14.7 Å². The van der Waals surface area contributed by atoms with Crippen LogP contribution >= 0.6 is 0 Å². The molecule has 2 rings (SSSR count). The average molecular weight is 293 g/mol. The Morgan fingerprint density at radius 1 is 1.38 bits per heavy atom. The maximum atomic E-state index is 12.1. The van der Waals surface area contributed by atoms with Crippen LogP contribution in [0.3, 0.4) is 0 Å². The number of carboxylic acid groups (broad SMARTS) is 1. The Balaban J connectivity index is 1.78. The van der Waals surface area contributed by atoms with Gasteiger partial charge in [0, 0.05) is 32.6 Å². The highest BCUT2D eigenvalue weighted by Gasteiger charge is 2.37. The molecule has 6 nitrogen and oxygen atoms in total. The van der Waals surface area contributed by atoms with Gasteiger partial charge < -0.3 is 10.4 Å². The SMILES string of the molecule is Cn1ccc(CCNC(=O)CC2(CC(=O)O)CCCC2)n1. The lowest BCUT2D eigenvalue weighted by atomic mass is 9.79. The van der Waals surface area contributed by atoms with Crippen molar-refractivity contribution >= 4 is 11.9 Å². The number of carbonyl (C=O) groups excluding carboxylic acids is 1. The summed E-state index contributed by atoms with van der Waals surface area (Å²) in [5, 5.41) is 16.2. The van der Waals surface area contributed by atoms with Gasteiger partial charge in [-0.25, -0.2) is 0 Å². The first-order valence-corrected chi connectivity index (χ1v) is 7.46. The van der Waals surface area contributed by atoms with Crippen LogP contribution in [0.25, 0.3) is 0 Å². The summed E-state index contributed by atoms with van der Waals surface area (Å²) in [4.78, 5) is 23.1. The van der Waals surface area contributed by atoms with E-state index in [-0.39, 0.29) is 17.7 Å². The van der Waals surface area contributed by atoms with Crippen LogP contribution in [0.5, 0.6) is 0 Å². The first-order chi connectivity index (χ1) is 9.99. The molecule has 116 valence electrons. The van der Waals surface area contributed by atoms with Crippen LogP contribution in [0.15, 0.2) is 12.3 Å². The van der Waals surface area contributed by atoms with E-state index in [0.717, 1.165) is 31.4 Å². The molecule has 1 amide bonds. The molecular weight excluding hydrogens is 270 g/mol. The molecule has 1 aromatic heterocycles. The van der Waals surface area contributed by atoms with E-state index in [1.807, 2.05) is 19.3 Å². The molecule has 0 bridgehead atoms. The molecule has 1 heterocycles. The third kappa shape index (κ3) is 4.58. The largest absolute Gasteiger partial charge is 0.481 e. The fourth-order valence-corrected chi connectivity index (χ4v) is 3.19. The minimum absolute atomic E-state index is 0.0471. The van der Waals surface area contributed by atoms with Crippen molar-refractivity contribution in [3.63, 3.8) is 0 Å². The molecule has 0 unspecified atom stereocenters. The van der Waals surface area contributed by atoms with Gasteiger partial charge >= 0.3 is 5.97 Å². The highest BCUT2D eigenvalue weighted by atomic mass is 16.4. The van der Waals surface area contributed by atoms with Gasteiger partial charge in [0.25, 0.3) is 0 Å². The number of rotatable bonds is 7. The van der Waals surface area contributed by atoms with Gasteiger partial charge in [0.2, 0.25) is 5.91 Å². The monoisotopic (exact) mass is 293 g/mol. The van der Waals surface area contributed by atoms with Crippen molar-refractivity contribution in [3.8, 4) is 0 Å². The van der Waals surface area contributed by atoms with Crippen molar-refractivity contribution in [1.29, 1.82) is 0 Å². The predicted octanol–water partition coefficient (Wildman–Crippen LogP) is 1.50. The molecule has 1 aliphatic rings. The summed E-state index contributed by atoms with van der Waals surface area (Å²) in [6, 6.07) is 1.93. The van der Waals surface area contributed by atoms with Gasteiger partial charge in [-0.3, -0.25) is 14.3 Å². The number of hydrogen-bond acceptors (Lipinski definition) is 3. The normalized spacial score (nSPS) is 16.8. The van der Waals surface area contributed by atoms with Gasteiger partial charge in [-0.15, -0.1) is 0 Å². The molecule has 0 aliphatic heterocycles. The molecule has 1 aromatic rings. The highest BCUT2D eigenvalue weighted by Crippen LogP contribution is 2.43. The lowest BCUT2D eigenvalue weighted by Crippen LogP contribution is -2.33. The van der Waals surface area contributed by atoms with E-state index < -0.39 is 5.97 Å². The van der Waals surface area contributed by atoms with Crippen LogP contribution < -0.4 is 5.32 Å². The number of aryl methyl sites for hydroxylation is 1. The molecule has 0 saturated heterocycles. The number of carbonyl (C=O) groups is 2. The van der Waals surface area contributed by atoms with Crippen LogP contribution in [-0.2, 0) is 23.1 Å². The third-order valence-corrected chi connectivity index (χ3v) is 4.20. The van der Waals surface area contributed by atoms with Gasteiger partial charge in [-0.1, -0.05) is 12.8 Å². The van der Waals surface area contributed by atoms with Crippen molar-refractivity contribution in [2.75, 3.05) is 6.54 Å². The maximum absolute atomic E-state index is 12.1. The number of nitrogens with one attached hydrogen (secondary N) is 1. The quantitative estimate of drug-likeness (QED) is 0.798. The number of amides is 1. The van der Waals surface area contributed by atoms with Gasteiger partial charge in [0.05, 0.1) is 12.1 Å².